The van der Waals surface area contributed by atoms with Crippen molar-refractivity contribution in [2.75, 3.05) is 26.2 Å². The Hall–Kier alpha value is -0.860. The van der Waals surface area contributed by atoms with E-state index in [1.807, 2.05) is 0 Å². The van der Waals surface area contributed by atoms with Crippen molar-refractivity contribution in [3.05, 3.63) is 35.4 Å². The van der Waals surface area contributed by atoms with Crippen LogP contribution in [-0.4, -0.2) is 31.1 Å². The maximum atomic E-state index is 3.57. The molecule has 106 valence electrons. The highest BCUT2D eigenvalue weighted by Crippen LogP contribution is 2.16. The Balaban J connectivity index is 2.06. The second kappa shape index (κ2) is 7.06. The molecule has 1 aromatic carbocycles. The summed E-state index contributed by atoms with van der Waals surface area (Å²) in [6.45, 7) is 12.8. The summed E-state index contributed by atoms with van der Waals surface area (Å²) in [7, 11) is 0. The van der Waals surface area contributed by atoms with Crippen molar-refractivity contribution >= 4 is 0 Å². The molecule has 0 aromatic heterocycles. The lowest BCUT2D eigenvalue weighted by atomic mass is 10.0. The van der Waals surface area contributed by atoms with E-state index in [1.54, 1.807) is 0 Å². The van der Waals surface area contributed by atoms with E-state index in [1.165, 1.54) is 24.2 Å². The highest BCUT2D eigenvalue weighted by Gasteiger charge is 2.17. The zero-order valence-electron chi connectivity index (χ0n) is 12.7. The molecule has 0 saturated carbocycles. The van der Waals surface area contributed by atoms with Gasteiger partial charge in [0, 0.05) is 19.6 Å². The molecule has 2 unspecified atom stereocenters. The maximum absolute atomic E-state index is 3.57. The van der Waals surface area contributed by atoms with E-state index in [2.05, 4.69) is 55.3 Å². The number of aryl methyl sites for hydroxylation is 1. The van der Waals surface area contributed by atoms with Gasteiger partial charge in [-0.05, 0) is 42.5 Å². The van der Waals surface area contributed by atoms with Gasteiger partial charge in [-0.25, -0.2) is 0 Å². The molecule has 0 aliphatic carbocycles. The van der Waals surface area contributed by atoms with Crippen LogP contribution in [0.1, 0.15) is 31.9 Å². The minimum Gasteiger partial charge on any atom is -0.316 e. The summed E-state index contributed by atoms with van der Waals surface area (Å²) in [6, 6.07) is 8.90. The van der Waals surface area contributed by atoms with Crippen LogP contribution >= 0.6 is 0 Å². The van der Waals surface area contributed by atoms with Gasteiger partial charge in [0.05, 0.1) is 0 Å². The first-order valence-corrected chi connectivity index (χ1v) is 7.69. The molecule has 0 bridgehead atoms. The van der Waals surface area contributed by atoms with Gasteiger partial charge in [-0.15, -0.1) is 0 Å². The molecule has 2 rings (SSSR count). The highest BCUT2D eigenvalue weighted by atomic mass is 15.1. The van der Waals surface area contributed by atoms with Crippen molar-refractivity contribution in [3.63, 3.8) is 0 Å². The molecular formula is C17H28N2. The molecule has 0 radical (unpaired) electrons. The van der Waals surface area contributed by atoms with E-state index in [0.717, 1.165) is 37.9 Å². The van der Waals surface area contributed by atoms with Crippen molar-refractivity contribution in [1.29, 1.82) is 0 Å². The van der Waals surface area contributed by atoms with Crippen LogP contribution in [0.15, 0.2) is 24.3 Å². The van der Waals surface area contributed by atoms with Crippen molar-refractivity contribution in [1.82, 2.24) is 10.2 Å². The first-order valence-electron chi connectivity index (χ1n) is 7.69. The van der Waals surface area contributed by atoms with Crippen LogP contribution in [0.2, 0.25) is 0 Å². The second-order valence-corrected chi connectivity index (χ2v) is 6.18. The average molecular weight is 260 g/mol. The summed E-state index contributed by atoms with van der Waals surface area (Å²) in [6.07, 6.45) is 1.14. The summed E-state index contributed by atoms with van der Waals surface area (Å²) >= 11 is 0. The summed E-state index contributed by atoms with van der Waals surface area (Å²) in [4.78, 5) is 2.64. The summed E-state index contributed by atoms with van der Waals surface area (Å²) < 4.78 is 0. The van der Waals surface area contributed by atoms with Gasteiger partial charge in [0.15, 0.2) is 0 Å². The standard InChI is InChI=1S/C17H28N2/c1-4-16-7-5-6-8-17(16)13-19-11-14(2)9-18-10-15(3)12-19/h5-8,14-15,18H,4,9-13H2,1-3H3. The van der Waals surface area contributed by atoms with Gasteiger partial charge in [0.25, 0.3) is 0 Å². The molecule has 1 aliphatic heterocycles. The molecule has 1 aliphatic rings. The molecule has 0 amide bonds. The van der Waals surface area contributed by atoms with Crippen LogP contribution < -0.4 is 5.32 Å². The van der Waals surface area contributed by atoms with E-state index in [0.29, 0.717) is 0 Å². The molecule has 1 saturated heterocycles. The number of rotatable bonds is 3. The second-order valence-electron chi connectivity index (χ2n) is 6.18. The van der Waals surface area contributed by atoms with E-state index >= 15 is 0 Å². The van der Waals surface area contributed by atoms with Crippen LogP contribution in [0.3, 0.4) is 0 Å². The Morgan fingerprint density at radius 2 is 1.63 bits per heavy atom. The van der Waals surface area contributed by atoms with Crippen molar-refractivity contribution < 1.29 is 0 Å². The van der Waals surface area contributed by atoms with Crippen LogP contribution in [0, 0.1) is 11.8 Å². The zero-order valence-corrected chi connectivity index (χ0v) is 12.7. The van der Waals surface area contributed by atoms with Gasteiger partial charge >= 0.3 is 0 Å². The first-order chi connectivity index (χ1) is 9.19. The van der Waals surface area contributed by atoms with Gasteiger partial charge in [-0.1, -0.05) is 45.0 Å². The van der Waals surface area contributed by atoms with Crippen LogP contribution in [0.4, 0.5) is 0 Å². The topological polar surface area (TPSA) is 15.3 Å². The van der Waals surface area contributed by atoms with Crippen molar-refractivity contribution in [3.8, 4) is 0 Å². The Labute approximate surface area is 118 Å². The van der Waals surface area contributed by atoms with Gasteiger partial charge in [-0.3, -0.25) is 4.90 Å². The summed E-state index contributed by atoms with van der Waals surface area (Å²) in [5, 5.41) is 3.57. The van der Waals surface area contributed by atoms with Crippen LogP contribution in [0.25, 0.3) is 0 Å². The van der Waals surface area contributed by atoms with Crippen molar-refractivity contribution in [2.24, 2.45) is 11.8 Å². The summed E-state index contributed by atoms with van der Waals surface area (Å²) in [5.41, 5.74) is 3.01. The number of hydrogen-bond donors (Lipinski definition) is 1. The molecule has 0 spiro atoms. The molecule has 1 aromatic rings. The largest absolute Gasteiger partial charge is 0.316 e. The third-order valence-electron chi connectivity index (χ3n) is 4.02. The molecular weight excluding hydrogens is 232 g/mol. The molecule has 1 N–H and O–H groups in total. The Morgan fingerprint density at radius 1 is 1.05 bits per heavy atom. The van der Waals surface area contributed by atoms with E-state index in [4.69, 9.17) is 0 Å². The lowest BCUT2D eigenvalue weighted by Gasteiger charge is -2.32. The zero-order chi connectivity index (χ0) is 13.7. The third-order valence-corrected chi connectivity index (χ3v) is 4.02. The lowest BCUT2D eigenvalue weighted by Crippen LogP contribution is -2.42. The van der Waals surface area contributed by atoms with Gasteiger partial charge in [-0.2, -0.15) is 0 Å². The van der Waals surface area contributed by atoms with E-state index in [-0.39, 0.29) is 0 Å². The smallest absolute Gasteiger partial charge is 0.0236 e. The third kappa shape index (κ3) is 4.32. The molecule has 19 heavy (non-hydrogen) atoms. The maximum Gasteiger partial charge on any atom is 0.0236 e. The van der Waals surface area contributed by atoms with E-state index in [9.17, 15) is 0 Å². The molecule has 1 heterocycles. The number of nitrogens with one attached hydrogen (secondary N) is 1. The monoisotopic (exact) mass is 260 g/mol. The minimum absolute atomic E-state index is 0.737. The predicted octanol–water partition coefficient (Wildman–Crippen LogP) is 2.93. The van der Waals surface area contributed by atoms with Crippen LogP contribution in [0.5, 0.6) is 0 Å². The van der Waals surface area contributed by atoms with Gasteiger partial charge < -0.3 is 5.32 Å². The Bertz CT molecular complexity index is 377. The molecule has 2 heteroatoms. The number of benzene rings is 1. The highest BCUT2D eigenvalue weighted by molar-refractivity contribution is 5.26. The molecule has 2 atom stereocenters. The quantitative estimate of drug-likeness (QED) is 0.899. The molecule has 1 fully saturated rings. The Kier molecular flexibility index (Phi) is 5.41. The van der Waals surface area contributed by atoms with Crippen molar-refractivity contribution in [2.45, 2.75) is 33.7 Å². The van der Waals surface area contributed by atoms with Gasteiger partial charge in [0.2, 0.25) is 0 Å². The SMILES string of the molecule is CCc1ccccc1CN1CC(C)CNCC(C)C1. The fourth-order valence-electron chi connectivity index (χ4n) is 3.09. The van der Waals surface area contributed by atoms with Crippen LogP contribution in [-0.2, 0) is 13.0 Å². The Morgan fingerprint density at radius 3 is 2.21 bits per heavy atom. The van der Waals surface area contributed by atoms with Gasteiger partial charge in [0.1, 0.15) is 0 Å². The van der Waals surface area contributed by atoms with E-state index < -0.39 is 0 Å². The predicted molar refractivity (Wildman–Crippen MR) is 82.3 cm³/mol. The number of hydrogen-bond acceptors (Lipinski definition) is 2. The fraction of sp³-hybridized carbons (Fsp3) is 0.647. The first kappa shape index (κ1) is 14.5. The average Bonchev–Trinajstić information content (AvgIpc) is 2.37. The normalized spacial score (nSPS) is 25.8. The fourth-order valence-corrected chi connectivity index (χ4v) is 3.09. The number of nitrogens with zero attached hydrogens (tertiary/aromatic N) is 1. The summed E-state index contributed by atoms with van der Waals surface area (Å²) in [5.74, 6) is 1.47. The molecule has 2 nitrogen and oxygen atoms in total. The lowest BCUT2D eigenvalue weighted by molar-refractivity contribution is 0.178. The minimum atomic E-state index is 0.737.